The Kier molecular flexibility index (Phi) is 26.8. The molecule has 518 valence electrons. The van der Waals surface area contributed by atoms with Crippen LogP contribution >= 0.6 is 22.9 Å². The predicted octanol–water partition coefficient (Wildman–Crippen LogP) is 16.9. The summed E-state index contributed by atoms with van der Waals surface area (Å²) in [6.45, 7) is 9.05. The van der Waals surface area contributed by atoms with Crippen LogP contribution in [0.4, 0.5) is 0 Å². The fourth-order valence-electron chi connectivity index (χ4n) is 11.7. The fourth-order valence-corrected chi connectivity index (χ4v) is 12.7. The Bertz CT molecular complexity index is 5170. The van der Waals surface area contributed by atoms with Crippen LogP contribution in [0.25, 0.3) is 118 Å². The Balaban J connectivity index is 0.000000147. The first-order chi connectivity index (χ1) is 47.5. The molecule has 0 saturated heterocycles. The fraction of sp³-hybridized carbons (Fsp3) is 0.0897. The number of hydrogen-bond acceptors (Lipinski definition) is 17. The smallest absolute Gasteiger partial charge is 0.203 e. The number of aromatic nitrogens is 15. The van der Waals surface area contributed by atoms with Crippen molar-refractivity contribution in [1.29, 1.82) is 0 Å². The van der Waals surface area contributed by atoms with Gasteiger partial charge in [0.1, 0.15) is 22.5 Å². The molecule has 0 aliphatic heterocycles. The average Bonchev–Trinajstić information content (AvgIpc) is 1.59. The molecule has 102 heavy (non-hydrogen) atoms. The second kappa shape index (κ2) is 35.3. The predicted molar refractivity (Wildman–Crippen MR) is 375 cm³/mol. The van der Waals surface area contributed by atoms with Crippen LogP contribution in [0.15, 0.2) is 258 Å². The molecular formula is C78H56Ir4N15O2PtS2-5. The van der Waals surface area contributed by atoms with E-state index in [1.807, 2.05) is 127 Å². The number of benzene rings is 8. The van der Waals surface area contributed by atoms with Crippen LogP contribution in [0.5, 0.6) is 0 Å². The molecule has 0 N–H and O–H groups in total. The van der Waals surface area contributed by atoms with Crippen molar-refractivity contribution in [2.24, 2.45) is 7.05 Å². The van der Waals surface area contributed by atoms with Crippen LogP contribution in [0.2, 0.25) is 0 Å². The van der Waals surface area contributed by atoms with Crippen molar-refractivity contribution in [2.75, 3.05) is 0 Å². The number of nitrogens with zero attached hydrogens (tertiary/aromatic N) is 15. The van der Waals surface area contributed by atoms with Gasteiger partial charge in [0.15, 0.2) is 6.39 Å². The zero-order chi connectivity index (χ0) is 66.1. The summed E-state index contributed by atoms with van der Waals surface area (Å²) in [4.78, 5) is 24.1. The third kappa shape index (κ3) is 17.2. The van der Waals surface area contributed by atoms with Crippen molar-refractivity contribution in [3.8, 4) is 118 Å². The molecule has 0 amide bonds. The molecule has 0 bridgehead atoms. The summed E-state index contributed by atoms with van der Waals surface area (Å²) in [7, 11) is 1.77. The Morgan fingerprint density at radius 3 is 1.51 bits per heavy atom. The zero-order valence-electron chi connectivity index (χ0n) is 54.7. The molecule has 8 aromatic carbocycles. The largest absolute Gasteiger partial charge is 0.462 e. The van der Waals surface area contributed by atoms with Crippen molar-refractivity contribution >= 4 is 22.9 Å². The van der Waals surface area contributed by atoms with Gasteiger partial charge in [-0.25, -0.2) is 9.36 Å². The number of thiophene rings is 1. The Morgan fingerprint density at radius 2 is 0.971 bits per heavy atom. The molecule has 0 spiro atoms. The van der Waals surface area contributed by atoms with Gasteiger partial charge in [0.05, 0.1) is 36.0 Å². The Morgan fingerprint density at radius 1 is 0.431 bits per heavy atom. The number of tetrazole rings is 2. The van der Waals surface area contributed by atoms with Crippen molar-refractivity contribution in [1.82, 2.24) is 74.9 Å². The topological polar surface area (TPSA) is 204 Å². The van der Waals surface area contributed by atoms with Gasteiger partial charge >= 0.3 is 0 Å². The minimum Gasteiger partial charge on any atom is -0.462 e. The maximum atomic E-state index is 5.07. The molecule has 2 aliphatic rings. The van der Waals surface area contributed by atoms with Gasteiger partial charge < -0.3 is 8.94 Å². The van der Waals surface area contributed by atoms with Gasteiger partial charge in [-0.15, -0.1) is 175 Å². The Hall–Kier alpha value is -8.90. The standard InChI is InChI=1S/C18H14NO.C17H15N4.C16H10N5S.C14H9N2O.C13H8N3S.4Ir.Pt/c1-18(2)15-6-4-3-5-13(15)14-8-7-12(9-16(14)18)17-10-20-11-19-17;1-17(2)14-7-5-4-6-12(14)13-9-8-11(10-15(13)17)16-18-20-21(3)19-16;1-2-9-17-14(7-1)12-5-3-6-13(11-12)16-18-20-21(19-16)15-8-4-10-22-15;1-2-5-11(6-3-1)12-7-4-8-13(9-12)14-15-10-17-16-14;1-2-7-14-12(6-1)10-4-3-5-11(8-10)13-15-9-17-16-13;;;;;/h3-6,8-11H,1-2H3;4-7,9-10H,1-3H3;1-5,7-11H;1-7,9-10H;1-4,6-9H;;;;;/q5*-1;;;;;. The van der Waals surface area contributed by atoms with E-state index in [0.717, 1.165) is 72.2 Å². The van der Waals surface area contributed by atoms with Crippen molar-refractivity contribution in [3.63, 3.8) is 0 Å². The van der Waals surface area contributed by atoms with E-state index >= 15 is 0 Å². The second-order valence-electron chi connectivity index (χ2n) is 23.3. The molecule has 8 heterocycles. The van der Waals surface area contributed by atoms with E-state index in [1.54, 1.807) is 42.6 Å². The van der Waals surface area contributed by atoms with Crippen LogP contribution in [-0.4, -0.2) is 74.9 Å². The molecule has 18 rings (SSSR count). The van der Waals surface area contributed by atoms with Crippen LogP contribution in [0.1, 0.15) is 49.9 Å². The van der Waals surface area contributed by atoms with Gasteiger partial charge in [0, 0.05) is 120 Å². The molecule has 0 saturated carbocycles. The molecular weight excluding hydrogens is 2210 g/mol. The maximum absolute atomic E-state index is 5.07. The van der Waals surface area contributed by atoms with Crippen molar-refractivity contribution < 1.29 is 110 Å². The van der Waals surface area contributed by atoms with Crippen LogP contribution in [0.3, 0.4) is 0 Å². The first-order valence-electron chi connectivity index (χ1n) is 30.8. The summed E-state index contributed by atoms with van der Waals surface area (Å²) in [6.07, 6.45) is 7.99. The number of aryl methyl sites for hydroxylation is 1. The molecule has 2 aliphatic carbocycles. The van der Waals surface area contributed by atoms with Gasteiger partial charge in [-0.05, 0) is 80.8 Å². The van der Waals surface area contributed by atoms with E-state index in [2.05, 4.69) is 208 Å². The number of fused-ring (bicyclic) bond motifs is 6. The minimum absolute atomic E-state index is 0. The van der Waals surface area contributed by atoms with E-state index in [4.69, 9.17) is 8.94 Å². The first-order valence-corrected chi connectivity index (χ1v) is 32.5. The minimum atomic E-state index is -0.0159. The van der Waals surface area contributed by atoms with Gasteiger partial charge in [0.2, 0.25) is 6.39 Å². The van der Waals surface area contributed by atoms with E-state index in [0.29, 0.717) is 23.3 Å². The normalized spacial score (nSPS) is 11.7. The van der Waals surface area contributed by atoms with E-state index in [1.165, 1.54) is 78.4 Å². The average molecular weight is 2260 g/mol. The number of rotatable bonds is 9. The van der Waals surface area contributed by atoms with Crippen molar-refractivity contribution in [2.45, 2.75) is 38.5 Å². The maximum Gasteiger partial charge on any atom is 0.203 e. The van der Waals surface area contributed by atoms with Gasteiger partial charge in [0.25, 0.3) is 0 Å². The first kappa shape index (κ1) is 77.3. The molecule has 0 unspecified atom stereocenters. The monoisotopic (exact) mass is 2270 g/mol. The molecule has 0 fully saturated rings. The summed E-state index contributed by atoms with van der Waals surface area (Å²) < 4.78 is 14.0. The zero-order valence-corrected chi connectivity index (χ0v) is 68.1. The summed E-state index contributed by atoms with van der Waals surface area (Å²) in [5, 5.41) is 31.6. The molecule has 16 aromatic rings. The van der Waals surface area contributed by atoms with E-state index < -0.39 is 0 Å². The summed E-state index contributed by atoms with van der Waals surface area (Å²) in [6, 6.07) is 84.9. The third-order valence-electron chi connectivity index (χ3n) is 16.5. The SMILES string of the molecule is CC1(C)c2ccccc2-c2c[c-]c(-c3cocn3)cc21.Cn1nnc(-c2[c-]cc3c(c2)C(C)(C)c2ccccc2-3)n1.[Ir].[Ir].[Ir].[Ir].[Pt].[c-]1ccc(-c2ccccc2)cc1-c1ncon1.[c-]1ccc(-c2ccccn2)cc1-c1ncsn1.[c-]1ccc(-c2ccccn2)cc1-c1nnn(-c2cccs2)n1. The number of hydrogen-bond donors (Lipinski definition) is 0. The number of oxazole rings is 1. The second-order valence-corrected chi connectivity index (χ2v) is 24.8. The number of pyridine rings is 2. The van der Waals surface area contributed by atoms with Gasteiger partial charge in [-0.1, -0.05) is 162 Å². The van der Waals surface area contributed by atoms with Crippen LogP contribution < -0.4 is 0 Å². The molecule has 17 nitrogen and oxygen atoms in total. The third-order valence-corrected chi connectivity index (χ3v) is 17.8. The Labute approximate surface area is 666 Å². The van der Waals surface area contributed by atoms with Crippen molar-refractivity contribution in [3.05, 3.63) is 301 Å². The van der Waals surface area contributed by atoms with Crippen LogP contribution in [-0.2, 0) is 119 Å². The molecule has 0 atom stereocenters. The summed E-state index contributed by atoms with van der Waals surface area (Å²) in [5.41, 5.74) is 23.6. The van der Waals surface area contributed by atoms with Gasteiger partial charge in [-0.3, -0.25) is 19.9 Å². The molecule has 24 heteroatoms. The van der Waals surface area contributed by atoms with E-state index in [-0.39, 0.29) is 112 Å². The van der Waals surface area contributed by atoms with Gasteiger partial charge in [-0.2, -0.15) is 25.2 Å². The molecule has 8 aromatic heterocycles. The summed E-state index contributed by atoms with van der Waals surface area (Å²) >= 11 is 2.90. The van der Waals surface area contributed by atoms with Crippen LogP contribution in [0, 0.1) is 30.3 Å². The quantitative estimate of drug-likeness (QED) is 0.123. The van der Waals surface area contributed by atoms with E-state index in [9.17, 15) is 0 Å². The summed E-state index contributed by atoms with van der Waals surface area (Å²) in [5.74, 6) is 2.44. The molecule has 4 radical (unpaired) electrons.